The molecule has 0 saturated heterocycles. The molecule has 0 spiro atoms. The second-order valence-corrected chi connectivity index (χ2v) is 6.97. The molecule has 4 unspecified atom stereocenters. The molecule has 2 saturated carbocycles. The lowest BCUT2D eigenvalue weighted by Gasteiger charge is -2.26. The smallest absolute Gasteiger partial charge is 0.0463 e. The van der Waals surface area contributed by atoms with Crippen LogP contribution in [0.2, 0.25) is 10.0 Å². The van der Waals surface area contributed by atoms with E-state index < -0.39 is 0 Å². The first-order chi connectivity index (χ1) is 9.15. The highest BCUT2D eigenvalue weighted by Crippen LogP contribution is 2.51. The largest absolute Gasteiger partial charge is 0.271 e. The molecule has 3 N–H and O–H groups in total. The van der Waals surface area contributed by atoms with Crippen molar-refractivity contribution in [1.29, 1.82) is 0 Å². The third kappa shape index (κ3) is 2.92. The van der Waals surface area contributed by atoms with Crippen LogP contribution in [0.4, 0.5) is 0 Å². The molecule has 0 aromatic heterocycles. The Kier molecular flexibility index (Phi) is 4.04. The molecule has 0 radical (unpaired) electrons. The van der Waals surface area contributed by atoms with Gasteiger partial charge < -0.3 is 0 Å². The zero-order chi connectivity index (χ0) is 13.4. The molecule has 19 heavy (non-hydrogen) atoms. The molecule has 2 aliphatic rings. The van der Waals surface area contributed by atoms with E-state index in [1.165, 1.54) is 25.7 Å². The molecule has 2 fully saturated rings. The molecule has 4 heteroatoms. The summed E-state index contributed by atoms with van der Waals surface area (Å²) in [7, 11) is 0. The van der Waals surface area contributed by atoms with Gasteiger partial charge in [0.1, 0.15) is 0 Å². The van der Waals surface area contributed by atoms with Crippen LogP contribution >= 0.6 is 23.2 Å². The molecule has 0 amide bonds. The van der Waals surface area contributed by atoms with Crippen LogP contribution in [0.15, 0.2) is 18.2 Å². The third-order valence-corrected chi connectivity index (χ3v) is 5.35. The Labute approximate surface area is 124 Å². The van der Waals surface area contributed by atoms with Crippen LogP contribution in [-0.4, -0.2) is 0 Å². The molecule has 0 heterocycles. The van der Waals surface area contributed by atoms with Crippen LogP contribution in [-0.2, 0) is 0 Å². The maximum atomic E-state index is 6.08. The topological polar surface area (TPSA) is 38.0 Å². The van der Waals surface area contributed by atoms with Gasteiger partial charge in [0.2, 0.25) is 0 Å². The van der Waals surface area contributed by atoms with E-state index >= 15 is 0 Å². The monoisotopic (exact) mass is 298 g/mol. The van der Waals surface area contributed by atoms with E-state index in [4.69, 9.17) is 29.0 Å². The molecular weight excluding hydrogens is 279 g/mol. The van der Waals surface area contributed by atoms with Gasteiger partial charge in [-0.3, -0.25) is 11.3 Å². The first-order valence-electron chi connectivity index (χ1n) is 7.08. The Bertz CT molecular complexity index is 443. The first kappa shape index (κ1) is 13.7. The lowest BCUT2D eigenvalue weighted by molar-refractivity contribution is 0.280. The van der Waals surface area contributed by atoms with Gasteiger partial charge in [-0.25, -0.2) is 0 Å². The summed E-state index contributed by atoms with van der Waals surface area (Å²) >= 11 is 12.2. The van der Waals surface area contributed by atoms with Gasteiger partial charge in [-0.1, -0.05) is 29.6 Å². The average Bonchev–Trinajstić information content (AvgIpc) is 2.96. The van der Waals surface area contributed by atoms with Gasteiger partial charge in [0, 0.05) is 16.1 Å². The van der Waals surface area contributed by atoms with Crippen molar-refractivity contribution in [2.75, 3.05) is 0 Å². The molecule has 2 bridgehead atoms. The number of nitrogens with one attached hydrogen (secondary N) is 1. The minimum Gasteiger partial charge on any atom is -0.271 e. The molecule has 4 atom stereocenters. The Balaban J connectivity index is 1.73. The third-order valence-electron chi connectivity index (χ3n) is 4.91. The summed E-state index contributed by atoms with van der Waals surface area (Å²) in [5.74, 6) is 8.43. The summed E-state index contributed by atoms with van der Waals surface area (Å²) in [6.07, 6.45) is 6.73. The van der Waals surface area contributed by atoms with E-state index in [1.807, 2.05) is 12.1 Å². The minimum atomic E-state index is 0.153. The second kappa shape index (κ2) is 5.61. The quantitative estimate of drug-likeness (QED) is 0.641. The molecule has 104 valence electrons. The normalized spacial score (nSPS) is 30.8. The maximum absolute atomic E-state index is 6.08. The molecule has 1 aromatic rings. The fraction of sp³-hybridized carbons (Fsp3) is 0.600. The van der Waals surface area contributed by atoms with Crippen molar-refractivity contribution in [3.05, 3.63) is 33.8 Å². The Morgan fingerprint density at radius 2 is 1.89 bits per heavy atom. The first-order valence-corrected chi connectivity index (χ1v) is 7.83. The zero-order valence-electron chi connectivity index (χ0n) is 10.9. The van der Waals surface area contributed by atoms with E-state index in [0.29, 0.717) is 10.0 Å². The Hall–Kier alpha value is -0.280. The molecule has 0 aliphatic heterocycles. The second-order valence-electron chi connectivity index (χ2n) is 6.09. The number of fused-ring (bicyclic) bond motifs is 2. The van der Waals surface area contributed by atoms with Crippen LogP contribution in [0.1, 0.15) is 43.7 Å². The van der Waals surface area contributed by atoms with Crippen molar-refractivity contribution in [2.45, 2.75) is 38.1 Å². The highest BCUT2D eigenvalue weighted by Gasteiger charge is 2.40. The van der Waals surface area contributed by atoms with Crippen molar-refractivity contribution >= 4 is 23.2 Å². The summed E-state index contributed by atoms with van der Waals surface area (Å²) in [5.41, 5.74) is 4.04. The van der Waals surface area contributed by atoms with Crippen molar-refractivity contribution in [3.8, 4) is 0 Å². The number of halogens is 2. The molecular formula is C15H20Cl2N2. The van der Waals surface area contributed by atoms with Gasteiger partial charge in [0.05, 0.1) is 0 Å². The number of hydrogen-bond acceptors (Lipinski definition) is 2. The number of hydrazine groups is 1. The van der Waals surface area contributed by atoms with Gasteiger partial charge in [-0.15, -0.1) is 0 Å². The number of hydrogen-bond donors (Lipinski definition) is 2. The number of benzene rings is 1. The van der Waals surface area contributed by atoms with Gasteiger partial charge in [0.25, 0.3) is 0 Å². The van der Waals surface area contributed by atoms with Crippen molar-refractivity contribution in [2.24, 2.45) is 23.6 Å². The average molecular weight is 299 g/mol. The Morgan fingerprint density at radius 3 is 2.42 bits per heavy atom. The predicted octanol–water partition coefficient (Wildman–Crippen LogP) is 4.32. The van der Waals surface area contributed by atoms with Crippen LogP contribution in [0.5, 0.6) is 0 Å². The van der Waals surface area contributed by atoms with E-state index in [2.05, 4.69) is 5.43 Å². The van der Waals surface area contributed by atoms with E-state index in [0.717, 1.165) is 29.7 Å². The number of rotatable bonds is 4. The standard InChI is InChI=1S/C15H20Cl2N2/c16-13-5-12(6-14(17)8-13)15(19-18)7-11-4-9-1-2-10(11)3-9/h5-6,8-11,15,19H,1-4,7,18H2. The van der Waals surface area contributed by atoms with Crippen molar-refractivity contribution < 1.29 is 0 Å². The fourth-order valence-corrected chi connectivity index (χ4v) is 4.59. The number of nitrogens with two attached hydrogens (primary N) is 1. The fourth-order valence-electron chi connectivity index (χ4n) is 4.04. The summed E-state index contributed by atoms with van der Waals surface area (Å²) in [6, 6.07) is 5.84. The summed E-state index contributed by atoms with van der Waals surface area (Å²) in [4.78, 5) is 0. The highest BCUT2D eigenvalue weighted by atomic mass is 35.5. The lowest BCUT2D eigenvalue weighted by atomic mass is 9.83. The van der Waals surface area contributed by atoms with Gasteiger partial charge >= 0.3 is 0 Å². The minimum absolute atomic E-state index is 0.153. The Morgan fingerprint density at radius 1 is 1.16 bits per heavy atom. The SMILES string of the molecule is NNC(CC1CC2CCC1C2)c1cc(Cl)cc(Cl)c1. The van der Waals surface area contributed by atoms with Gasteiger partial charge in [0.15, 0.2) is 0 Å². The zero-order valence-corrected chi connectivity index (χ0v) is 12.4. The summed E-state index contributed by atoms with van der Waals surface area (Å²) < 4.78 is 0. The molecule has 1 aromatic carbocycles. The van der Waals surface area contributed by atoms with Crippen LogP contribution < -0.4 is 11.3 Å². The molecule has 2 aliphatic carbocycles. The van der Waals surface area contributed by atoms with Crippen molar-refractivity contribution in [3.63, 3.8) is 0 Å². The summed E-state index contributed by atoms with van der Waals surface area (Å²) in [6.45, 7) is 0. The molecule has 2 nitrogen and oxygen atoms in total. The van der Waals surface area contributed by atoms with Crippen LogP contribution in [0.3, 0.4) is 0 Å². The van der Waals surface area contributed by atoms with E-state index in [1.54, 1.807) is 6.07 Å². The van der Waals surface area contributed by atoms with E-state index in [9.17, 15) is 0 Å². The van der Waals surface area contributed by atoms with Gasteiger partial charge in [-0.05, 0) is 67.2 Å². The van der Waals surface area contributed by atoms with Crippen LogP contribution in [0, 0.1) is 17.8 Å². The van der Waals surface area contributed by atoms with Crippen molar-refractivity contribution in [1.82, 2.24) is 5.43 Å². The lowest BCUT2D eigenvalue weighted by Crippen LogP contribution is -2.30. The summed E-state index contributed by atoms with van der Waals surface area (Å²) in [5, 5.41) is 1.35. The highest BCUT2D eigenvalue weighted by molar-refractivity contribution is 6.34. The molecule has 3 rings (SSSR count). The van der Waals surface area contributed by atoms with E-state index in [-0.39, 0.29) is 6.04 Å². The predicted molar refractivity (Wildman–Crippen MR) is 80.1 cm³/mol. The maximum Gasteiger partial charge on any atom is 0.0463 e. The van der Waals surface area contributed by atoms with Gasteiger partial charge in [-0.2, -0.15) is 0 Å². The van der Waals surface area contributed by atoms with Crippen LogP contribution in [0.25, 0.3) is 0 Å².